The molecular formula is C52H58FN9O8S. The molecule has 17 nitrogen and oxygen atoms in total. The molecule has 5 aliphatic rings. The van der Waals surface area contributed by atoms with Gasteiger partial charge in [-0.3, -0.25) is 14.2 Å². The fourth-order valence-corrected chi connectivity index (χ4v) is 12.6. The molecule has 2 aromatic carbocycles. The van der Waals surface area contributed by atoms with Crippen LogP contribution in [-0.4, -0.2) is 111 Å². The minimum atomic E-state index is -0.769. The molecule has 4 N–H and O–H groups in total. The number of amides is 4. The van der Waals surface area contributed by atoms with Crippen molar-refractivity contribution in [2.45, 2.75) is 102 Å². The van der Waals surface area contributed by atoms with Crippen LogP contribution in [0.5, 0.6) is 5.75 Å². The molecule has 0 radical (unpaired) electrons. The molecule has 4 aromatic heterocycles. The lowest BCUT2D eigenvalue weighted by Crippen LogP contribution is -2.53. The second kappa shape index (κ2) is 19.1. The van der Waals surface area contributed by atoms with Crippen LogP contribution in [0.15, 0.2) is 54.9 Å². The Morgan fingerprint density at radius 3 is 2.15 bits per heavy atom. The molecule has 19 heteroatoms. The number of aryl methyl sites for hydroxylation is 2. The number of H-pyrrole nitrogens is 2. The molecule has 8 heterocycles. The van der Waals surface area contributed by atoms with Crippen LogP contribution >= 0.6 is 11.3 Å². The molecular weight excluding hydrogens is 930 g/mol. The molecule has 1 aliphatic carbocycles. The van der Waals surface area contributed by atoms with E-state index in [4.69, 9.17) is 28.9 Å². The zero-order valence-corrected chi connectivity index (χ0v) is 41.0. The van der Waals surface area contributed by atoms with Crippen molar-refractivity contribution < 1.29 is 42.5 Å². The summed E-state index contributed by atoms with van der Waals surface area (Å²) < 4.78 is 41.3. The Bertz CT molecular complexity index is 3000. The van der Waals surface area contributed by atoms with Crippen LogP contribution in [0.1, 0.15) is 104 Å². The molecule has 4 amide bonds. The Balaban J connectivity index is 0.899. The van der Waals surface area contributed by atoms with E-state index in [0.29, 0.717) is 85.5 Å². The first kappa shape index (κ1) is 46.6. The zero-order chi connectivity index (χ0) is 49.1. The number of carbonyl (C=O) groups excluding carboxylic acids is 4. The van der Waals surface area contributed by atoms with E-state index in [0.717, 1.165) is 65.6 Å². The summed E-state index contributed by atoms with van der Waals surface area (Å²) in [5, 5.41) is 6.41. The molecule has 0 spiro atoms. The number of alkyl carbamates (subject to hydrolysis) is 2. The number of aromatic amines is 2. The van der Waals surface area contributed by atoms with Crippen molar-refractivity contribution in [3.63, 3.8) is 0 Å². The van der Waals surface area contributed by atoms with E-state index in [9.17, 15) is 19.2 Å². The predicted molar refractivity (Wildman–Crippen MR) is 262 cm³/mol. The standard InChI is InChI=1S/C52H58FN9O8S/c1-27(2)44(58-51(65)67-3)48(63)60-16-6-9-37(60)47-55-26-35(57-47)31-21-33(53)43-39-22-32-20-29(12-13-36(32)62(39)50(70-40(43)23-31)42-24-30-8-5-11-41(30)71-42)34-25-54-46(56-34)38-10-7-17-61(38)49(64)45(59-52(66)68-4)28-14-18-69-19-15-28/h12-13,20-28,37-38,44-45,50H,5-11,14-19H2,1-4H3,(H,54,56)(H,55,57)(H,58,65)(H,59,66)/t37-,38-,44-,45-,50-/m0/s1. The highest BCUT2D eigenvalue weighted by Gasteiger charge is 2.41. The third-order valence-electron chi connectivity index (χ3n) is 15.0. The van der Waals surface area contributed by atoms with Crippen molar-refractivity contribution in [1.29, 1.82) is 0 Å². The average molecular weight is 988 g/mol. The van der Waals surface area contributed by atoms with E-state index < -0.39 is 36.3 Å². The number of likely N-dealkylation sites (tertiary alicyclic amines) is 2. The largest absolute Gasteiger partial charge is 0.464 e. The minimum Gasteiger partial charge on any atom is -0.464 e. The van der Waals surface area contributed by atoms with Gasteiger partial charge in [0.05, 0.1) is 71.7 Å². The molecule has 71 heavy (non-hydrogen) atoms. The number of ether oxygens (including phenoxy) is 4. The quantitative estimate of drug-likeness (QED) is 0.0976. The van der Waals surface area contributed by atoms with Crippen LogP contribution in [0, 0.1) is 17.7 Å². The summed E-state index contributed by atoms with van der Waals surface area (Å²) in [6.45, 7) is 5.87. The molecule has 4 aliphatic heterocycles. The summed E-state index contributed by atoms with van der Waals surface area (Å²) in [6.07, 6.45) is 9.05. The lowest BCUT2D eigenvalue weighted by Gasteiger charge is -2.34. The van der Waals surface area contributed by atoms with Gasteiger partial charge < -0.3 is 49.3 Å². The van der Waals surface area contributed by atoms with Gasteiger partial charge in [0.2, 0.25) is 18.0 Å². The zero-order valence-electron chi connectivity index (χ0n) is 40.2. The van der Waals surface area contributed by atoms with Gasteiger partial charge in [-0.1, -0.05) is 19.9 Å². The Hall–Kier alpha value is -6.73. The number of fused-ring (bicyclic) bond motifs is 6. The number of hydrogen-bond donors (Lipinski definition) is 4. The number of aromatic nitrogens is 5. The van der Waals surface area contributed by atoms with Gasteiger partial charge in [0.25, 0.3) is 0 Å². The molecule has 0 bridgehead atoms. The fraction of sp³-hybridized carbons (Fsp3) is 0.462. The molecule has 0 unspecified atom stereocenters. The number of hydrogen-bond acceptors (Lipinski definition) is 11. The topological polar surface area (TPSA) is 198 Å². The first-order valence-electron chi connectivity index (χ1n) is 24.7. The summed E-state index contributed by atoms with van der Waals surface area (Å²) in [5.74, 6) is 0.600. The Morgan fingerprint density at radius 1 is 0.803 bits per heavy atom. The highest BCUT2D eigenvalue weighted by Crippen LogP contribution is 2.49. The average Bonchev–Trinajstić information content (AvgIpc) is 4.24. The number of carbonyl (C=O) groups is 4. The SMILES string of the molecule is COC(=O)N[C@H](C(=O)N1CCC[C@H]1c1ncc(-c2cc(F)c3c(c2)O[C@@H](c2cc4c(s2)CCC4)n2c-3cc3cc(-c4cnc([C@@H]5CCCN5C(=O)[C@@H](NC(=O)OC)C5CCOCC5)[nH]4)ccc32)[nH]1)C(C)C. The predicted octanol–water partition coefficient (Wildman–Crippen LogP) is 8.58. The fourth-order valence-electron chi connectivity index (χ4n) is 11.4. The Labute approximate surface area is 413 Å². The van der Waals surface area contributed by atoms with Gasteiger partial charge in [-0.25, -0.2) is 23.9 Å². The molecule has 3 saturated heterocycles. The van der Waals surface area contributed by atoms with Crippen LogP contribution in [0.4, 0.5) is 14.0 Å². The van der Waals surface area contributed by atoms with Crippen LogP contribution in [0.2, 0.25) is 0 Å². The molecule has 0 saturated carbocycles. The lowest BCUT2D eigenvalue weighted by atomic mass is 9.90. The van der Waals surface area contributed by atoms with E-state index in [1.807, 2.05) is 43.0 Å². The van der Waals surface area contributed by atoms with Crippen molar-refractivity contribution in [3.8, 4) is 39.5 Å². The Kier molecular flexibility index (Phi) is 12.6. The van der Waals surface area contributed by atoms with Gasteiger partial charge in [0.1, 0.15) is 35.3 Å². The van der Waals surface area contributed by atoms with E-state index in [2.05, 4.69) is 37.3 Å². The Morgan fingerprint density at radius 2 is 1.48 bits per heavy atom. The monoisotopic (exact) mass is 987 g/mol. The number of halogens is 1. The summed E-state index contributed by atoms with van der Waals surface area (Å²) in [6, 6.07) is 11.6. The van der Waals surface area contributed by atoms with E-state index in [1.165, 1.54) is 30.7 Å². The highest BCUT2D eigenvalue weighted by atomic mass is 32.1. The number of nitrogens with one attached hydrogen (secondary N) is 4. The number of imidazole rings is 2. The van der Waals surface area contributed by atoms with Gasteiger partial charge in [-0.2, -0.15) is 0 Å². The number of methoxy groups -OCH3 is 2. The number of thiophene rings is 1. The van der Waals surface area contributed by atoms with Gasteiger partial charge in [0, 0.05) is 47.7 Å². The first-order valence-corrected chi connectivity index (χ1v) is 25.5. The smallest absolute Gasteiger partial charge is 0.407 e. The minimum absolute atomic E-state index is 0.0712. The van der Waals surface area contributed by atoms with Crippen LogP contribution in [0.3, 0.4) is 0 Å². The summed E-state index contributed by atoms with van der Waals surface area (Å²) >= 11 is 1.75. The number of rotatable bonds is 11. The maximum Gasteiger partial charge on any atom is 0.407 e. The van der Waals surface area contributed by atoms with Crippen molar-refractivity contribution in [2.24, 2.45) is 11.8 Å². The summed E-state index contributed by atoms with van der Waals surface area (Å²) in [4.78, 5) is 75.1. The molecule has 372 valence electrons. The van der Waals surface area contributed by atoms with Crippen LogP contribution in [-0.2, 0) is 36.6 Å². The van der Waals surface area contributed by atoms with E-state index in [1.54, 1.807) is 28.6 Å². The highest BCUT2D eigenvalue weighted by molar-refractivity contribution is 7.12. The van der Waals surface area contributed by atoms with Crippen molar-refractivity contribution in [3.05, 3.63) is 87.6 Å². The molecule has 11 rings (SSSR count). The van der Waals surface area contributed by atoms with Gasteiger partial charge in [-0.15, -0.1) is 11.3 Å². The molecule has 6 aromatic rings. The summed E-state index contributed by atoms with van der Waals surface area (Å²) in [7, 11) is 2.57. The van der Waals surface area contributed by atoms with Gasteiger partial charge in [-0.05, 0) is 112 Å². The van der Waals surface area contributed by atoms with Gasteiger partial charge in [0.15, 0.2) is 0 Å². The summed E-state index contributed by atoms with van der Waals surface area (Å²) in [5.41, 5.74) is 6.06. The number of nitrogens with zero attached hydrogens (tertiary/aromatic N) is 5. The number of benzene rings is 2. The maximum absolute atomic E-state index is 17.0. The van der Waals surface area contributed by atoms with Crippen molar-refractivity contribution in [2.75, 3.05) is 40.5 Å². The molecule has 3 fully saturated rings. The van der Waals surface area contributed by atoms with Crippen molar-refractivity contribution >= 4 is 46.2 Å². The maximum atomic E-state index is 17.0. The third-order valence-corrected chi connectivity index (χ3v) is 16.3. The lowest BCUT2D eigenvalue weighted by molar-refractivity contribution is -0.137. The van der Waals surface area contributed by atoms with Crippen molar-refractivity contribution in [1.82, 2.24) is 44.9 Å². The third kappa shape index (κ3) is 8.59. The second-order valence-corrected chi connectivity index (χ2v) is 20.8. The van der Waals surface area contributed by atoms with Crippen LogP contribution in [0.25, 0.3) is 44.7 Å². The second-order valence-electron chi connectivity index (χ2n) is 19.6. The van der Waals surface area contributed by atoms with Gasteiger partial charge >= 0.3 is 12.2 Å². The van der Waals surface area contributed by atoms with E-state index >= 15 is 4.39 Å². The van der Waals surface area contributed by atoms with E-state index in [-0.39, 0.29) is 35.7 Å². The first-order chi connectivity index (χ1) is 34.5. The normalized spacial score (nSPS) is 20.6. The molecule has 5 atom stereocenters. The van der Waals surface area contributed by atoms with Crippen LogP contribution < -0.4 is 15.4 Å².